The fraction of sp³-hybridized carbons (Fsp3) is 0.286. The zero-order valence-electron chi connectivity index (χ0n) is 11.8. The molecule has 0 radical (unpaired) electrons. The number of thiophene rings is 1. The molecule has 1 N–H and O–H groups in total. The average molecular weight is 327 g/mol. The van der Waals surface area contributed by atoms with Crippen LogP contribution in [0.2, 0.25) is 0 Å². The molecule has 0 amide bonds. The molecule has 0 saturated carbocycles. The van der Waals surface area contributed by atoms with Gasteiger partial charge in [-0.15, -0.1) is 0 Å². The second kappa shape index (κ2) is 6.57. The van der Waals surface area contributed by atoms with Gasteiger partial charge in [0.2, 0.25) is 10.0 Å². The van der Waals surface area contributed by atoms with Crippen LogP contribution in [0.3, 0.4) is 0 Å². The number of benzene rings is 1. The SMILES string of the molecule is COc1cc(CO)ccc1S(=O)(=O)N(C)Cc1ccsc1. The van der Waals surface area contributed by atoms with E-state index in [0.29, 0.717) is 12.1 Å². The Balaban J connectivity index is 2.34. The molecule has 5 nitrogen and oxygen atoms in total. The molecule has 21 heavy (non-hydrogen) atoms. The van der Waals surface area contributed by atoms with Crippen LogP contribution in [0.5, 0.6) is 5.75 Å². The number of ether oxygens (including phenoxy) is 1. The maximum Gasteiger partial charge on any atom is 0.246 e. The lowest BCUT2D eigenvalue weighted by molar-refractivity contribution is 0.280. The Kier molecular flexibility index (Phi) is 5.00. The standard InChI is InChI=1S/C14H17NO4S2/c1-15(8-12-5-6-20-10-12)21(17,18)14-4-3-11(9-16)7-13(14)19-2/h3-7,10,16H,8-9H2,1-2H3. The van der Waals surface area contributed by atoms with Gasteiger partial charge in [0.15, 0.2) is 0 Å². The van der Waals surface area contributed by atoms with Gasteiger partial charge in [0.25, 0.3) is 0 Å². The van der Waals surface area contributed by atoms with Gasteiger partial charge in [-0.3, -0.25) is 0 Å². The topological polar surface area (TPSA) is 66.8 Å². The lowest BCUT2D eigenvalue weighted by Crippen LogP contribution is -2.26. The number of hydrogen-bond donors (Lipinski definition) is 1. The minimum atomic E-state index is -3.65. The summed E-state index contributed by atoms with van der Waals surface area (Å²) in [6, 6.07) is 6.46. The van der Waals surface area contributed by atoms with E-state index >= 15 is 0 Å². The van der Waals surface area contributed by atoms with E-state index in [4.69, 9.17) is 9.84 Å². The molecule has 1 aromatic heterocycles. The van der Waals surface area contributed by atoms with Gasteiger partial charge >= 0.3 is 0 Å². The van der Waals surface area contributed by atoms with Crippen LogP contribution in [0.25, 0.3) is 0 Å². The highest BCUT2D eigenvalue weighted by Gasteiger charge is 2.25. The minimum Gasteiger partial charge on any atom is -0.495 e. The first kappa shape index (κ1) is 16.0. The lowest BCUT2D eigenvalue weighted by atomic mass is 10.2. The molecule has 2 rings (SSSR count). The number of nitrogens with zero attached hydrogens (tertiary/aromatic N) is 1. The van der Waals surface area contributed by atoms with Gasteiger partial charge in [-0.05, 0) is 40.1 Å². The fourth-order valence-electron chi connectivity index (χ4n) is 1.92. The summed E-state index contributed by atoms with van der Waals surface area (Å²) >= 11 is 1.53. The lowest BCUT2D eigenvalue weighted by Gasteiger charge is -2.18. The average Bonchev–Trinajstić information content (AvgIpc) is 2.99. The van der Waals surface area contributed by atoms with Gasteiger partial charge in [-0.2, -0.15) is 15.6 Å². The molecule has 0 bridgehead atoms. The predicted molar refractivity (Wildman–Crippen MR) is 81.9 cm³/mol. The largest absolute Gasteiger partial charge is 0.495 e. The first-order chi connectivity index (χ1) is 9.98. The number of sulfonamides is 1. The summed E-state index contributed by atoms with van der Waals surface area (Å²) in [6.07, 6.45) is 0. The smallest absolute Gasteiger partial charge is 0.246 e. The van der Waals surface area contributed by atoms with Crippen LogP contribution in [0.15, 0.2) is 39.9 Å². The van der Waals surface area contributed by atoms with E-state index in [-0.39, 0.29) is 17.3 Å². The third-order valence-electron chi connectivity index (χ3n) is 3.08. The summed E-state index contributed by atoms with van der Waals surface area (Å²) < 4.78 is 31.7. The quantitative estimate of drug-likeness (QED) is 0.882. The van der Waals surface area contributed by atoms with Gasteiger partial charge in [-0.25, -0.2) is 8.42 Å². The molecule has 0 fully saturated rings. The van der Waals surface area contributed by atoms with E-state index in [1.54, 1.807) is 6.07 Å². The summed E-state index contributed by atoms with van der Waals surface area (Å²) in [5.41, 5.74) is 1.54. The van der Waals surface area contributed by atoms with Gasteiger partial charge in [-0.1, -0.05) is 6.07 Å². The molecular formula is C14H17NO4S2. The Morgan fingerprint density at radius 2 is 2.05 bits per heavy atom. The van der Waals surface area contributed by atoms with Crippen LogP contribution in [0.1, 0.15) is 11.1 Å². The molecule has 0 aliphatic heterocycles. The first-order valence-electron chi connectivity index (χ1n) is 6.24. The van der Waals surface area contributed by atoms with Crippen LogP contribution in [0.4, 0.5) is 0 Å². The fourth-order valence-corrected chi connectivity index (χ4v) is 3.87. The Morgan fingerprint density at radius 3 is 2.62 bits per heavy atom. The Bertz CT molecular complexity index is 696. The molecular weight excluding hydrogens is 310 g/mol. The highest BCUT2D eigenvalue weighted by atomic mass is 32.2. The number of rotatable bonds is 6. The second-order valence-electron chi connectivity index (χ2n) is 4.54. The number of hydrogen-bond acceptors (Lipinski definition) is 5. The molecule has 0 aliphatic carbocycles. The van der Waals surface area contributed by atoms with Crippen molar-refractivity contribution in [1.82, 2.24) is 4.31 Å². The van der Waals surface area contributed by atoms with Crippen molar-refractivity contribution < 1.29 is 18.3 Å². The molecule has 114 valence electrons. The van der Waals surface area contributed by atoms with Crippen molar-refractivity contribution in [3.8, 4) is 5.75 Å². The van der Waals surface area contributed by atoms with E-state index in [9.17, 15) is 8.42 Å². The van der Waals surface area contributed by atoms with Gasteiger partial charge < -0.3 is 9.84 Å². The van der Waals surface area contributed by atoms with Crippen LogP contribution in [-0.4, -0.2) is 32.0 Å². The van der Waals surface area contributed by atoms with Crippen LogP contribution in [-0.2, 0) is 23.2 Å². The molecule has 1 heterocycles. The predicted octanol–water partition coefficient (Wildman–Crippen LogP) is 2.07. The van der Waals surface area contributed by atoms with Crippen molar-refractivity contribution in [2.24, 2.45) is 0 Å². The molecule has 0 unspecified atom stereocenters. The zero-order chi connectivity index (χ0) is 15.5. The van der Waals surface area contributed by atoms with Crippen molar-refractivity contribution in [3.63, 3.8) is 0 Å². The third kappa shape index (κ3) is 3.44. The van der Waals surface area contributed by atoms with Crippen LogP contribution >= 0.6 is 11.3 Å². The van der Waals surface area contributed by atoms with Crippen molar-refractivity contribution in [3.05, 3.63) is 46.2 Å². The van der Waals surface area contributed by atoms with E-state index in [2.05, 4.69) is 0 Å². The van der Waals surface area contributed by atoms with E-state index in [0.717, 1.165) is 5.56 Å². The van der Waals surface area contributed by atoms with Crippen molar-refractivity contribution in [1.29, 1.82) is 0 Å². The molecule has 1 aromatic carbocycles. The van der Waals surface area contributed by atoms with E-state index < -0.39 is 10.0 Å². The highest BCUT2D eigenvalue weighted by molar-refractivity contribution is 7.89. The molecule has 2 aromatic rings. The number of methoxy groups -OCH3 is 1. The Labute approximate surface area is 128 Å². The summed E-state index contributed by atoms with van der Waals surface area (Å²) in [4.78, 5) is 0.0972. The summed E-state index contributed by atoms with van der Waals surface area (Å²) in [6.45, 7) is 0.137. The second-order valence-corrected chi connectivity index (χ2v) is 7.33. The maximum absolute atomic E-state index is 12.6. The van der Waals surface area contributed by atoms with E-state index in [1.807, 2.05) is 16.8 Å². The van der Waals surface area contributed by atoms with Gasteiger partial charge in [0, 0.05) is 13.6 Å². The highest BCUT2D eigenvalue weighted by Crippen LogP contribution is 2.28. The van der Waals surface area contributed by atoms with Crippen LogP contribution < -0.4 is 4.74 Å². The summed E-state index contributed by atoms with van der Waals surface area (Å²) in [5, 5.41) is 12.9. The monoisotopic (exact) mass is 327 g/mol. The number of aliphatic hydroxyl groups excluding tert-OH is 1. The molecule has 0 saturated heterocycles. The first-order valence-corrected chi connectivity index (χ1v) is 8.62. The molecule has 7 heteroatoms. The van der Waals surface area contributed by atoms with Crippen molar-refractivity contribution >= 4 is 21.4 Å². The Hall–Kier alpha value is -1.41. The Morgan fingerprint density at radius 1 is 1.29 bits per heavy atom. The molecule has 0 atom stereocenters. The zero-order valence-corrected chi connectivity index (χ0v) is 13.4. The maximum atomic E-state index is 12.6. The van der Waals surface area contributed by atoms with Gasteiger partial charge in [0.1, 0.15) is 10.6 Å². The van der Waals surface area contributed by atoms with Crippen molar-refractivity contribution in [2.75, 3.05) is 14.2 Å². The summed E-state index contributed by atoms with van der Waals surface area (Å²) in [7, 11) is -0.706. The van der Waals surface area contributed by atoms with Gasteiger partial charge in [0.05, 0.1) is 13.7 Å². The number of aliphatic hydroxyl groups is 1. The van der Waals surface area contributed by atoms with E-state index in [1.165, 1.54) is 41.9 Å². The molecule has 0 spiro atoms. The molecule has 0 aliphatic rings. The summed E-state index contributed by atoms with van der Waals surface area (Å²) in [5.74, 6) is 0.235. The third-order valence-corrected chi connectivity index (χ3v) is 5.66. The van der Waals surface area contributed by atoms with Crippen LogP contribution in [0, 0.1) is 0 Å². The normalized spacial score (nSPS) is 11.8. The minimum absolute atomic E-state index is 0.0972. The van der Waals surface area contributed by atoms with Crippen molar-refractivity contribution in [2.45, 2.75) is 18.0 Å².